The fraction of sp³-hybridized carbons (Fsp3) is 0.579. The molecule has 0 spiro atoms. The van der Waals surface area contributed by atoms with Crippen LogP contribution >= 0.6 is 11.6 Å². The van der Waals surface area contributed by atoms with Gasteiger partial charge >= 0.3 is 6.03 Å². The van der Waals surface area contributed by atoms with Crippen LogP contribution in [0.25, 0.3) is 0 Å². The highest BCUT2D eigenvalue weighted by Gasteiger charge is 2.27. The van der Waals surface area contributed by atoms with Crippen LogP contribution in [0.15, 0.2) is 18.2 Å². The van der Waals surface area contributed by atoms with E-state index in [4.69, 9.17) is 11.6 Å². The van der Waals surface area contributed by atoms with E-state index in [0.717, 1.165) is 38.5 Å². The Morgan fingerprint density at radius 1 is 1.08 bits per heavy atom. The number of carbonyl (C=O) groups excluding carboxylic acids is 2. The number of anilines is 1. The van der Waals surface area contributed by atoms with Crippen molar-refractivity contribution in [1.82, 2.24) is 10.2 Å². The second-order valence-corrected chi connectivity index (χ2v) is 7.57. The second-order valence-electron chi connectivity index (χ2n) is 7.16. The molecule has 1 heterocycles. The summed E-state index contributed by atoms with van der Waals surface area (Å²) in [5.74, 6) is -0.180. The number of hydrogen-bond donors (Lipinski definition) is 2. The van der Waals surface area contributed by atoms with Gasteiger partial charge in [-0.3, -0.25) is 4.79 Å². The van der Waals surface area contributed by atoms with E-state index >= 15 is 0 Å². The molecule has 1 saturated carbocycles. The van der Waals surface area contributed by atoms with E-state index in [2.05, 4.69) is 10.6 Å². The summed E-state index contributed by atoms with van der Waals surface area (Å²) in [4.78, 5) is 26.4. The maximum absolute atomic E-state index is 13.2. The quantitative estimate of drug-likeness (QED) is 0.825. The van der Waals surface area contributed by atoms with Gasteiger partial charge in [-0.25, -0.2) is 9.18 Å². The van der Waals surface area contributed by atoms with Crippen LogP contribution in [0.5, 0.6) is 0 Å². The third-order valence-corrected chi connectivity index (χ3v) is 5.57. The Bertz CT molecular complexity index is 656. The molecule has 0 aromatic heterocycles. The Labute approximate surface area is 158 Å². The highest BCUT2D eigenvalue weighted by Crippen LogP contribution is 2.24. The molecular formula is C19H25ClFN3O2. The molecule has 2 fully saturated rings. The van der Waals surface area contributed by atoms with Crippen molar-refractivity contribution in [3.05, 3.63) is 29.0 Å². The van der Waals surface area contributed by atoms with Crippen LogP contribution in [0, 0.1) is 11.7 Å². The predicted octanol–water partition coefficient (Wildman–Crippen LogP) is 4.17. The minimum absolute atomic E-state index is 0.0214. The number of likely N-dealkylation sites (tertiary alicyclic amines) is 1. The number of urea groups is 1. The predicted molar refractivity (Wildman–Crippen MR) is 99.7 cm³/mol. The van der Waals surface area contributed by atoms with Gasteiger partial charge in [0.2, 0.25) is 5.91 Å². The third-order valence-electron chi connectivity index (χ3n) is 5.28. The molecule has 26 heavy (non-hydrogen) atoms. The first-order chi connectivity index (χ1) is 12.5. The van der Waals surface area contributed by atoms with Crippen molar-refractivity contribution in [1.29, 1.82) is 0 Å². The maximum Gasteiger partial charge on any atom is 0.321 e. The van der Waals surface area contributed by atoms with Crippen LogP contribution in [0.2, 0.25) is 5.02 Å². The van der Waals surface area contributed by atoms with Gasteiger partial charge in [-0.2, -0.15) is 0 Å². The minimum Gasteiger partial charge on any atom is -0.353 e. The zero-order valence-corrected chi connectivity index (χ0v) is 15.5. The summed E-state index contributed by atoms with van der Waals surface area (Å²) >= 11 is 5.73. The standard InChI is InChI=1S/C19H25ClFN3O2/c20-16-12-15(6-7-17(16)21)23-19(26)24-10-8-14(9-11-24)22-18(25)13-4-2-1-3-5-13/h6-7,12-14H,1-5,8-11H2,(H,22,25)(H,23,26). The van der Waals surface area contributed by atoms with E-state index in [1.54, 1.807) is 4.90 Å². The molecule has 1 aromatic carbocycles. The molecule has 0 unspecified atom stereocenters. The van der Waals surface area contributed by atoms with Gasteiger partial charge in [-0.15, -0.1) is 0 Å². The van der Waals surface area contributed by atoms with Crippen LogP contribution in [0.1, 0.15) is 44.9 Å². The summed E-state index contributed by atoms with van der Waals surface area (Å²) in [6.07, 6.45) is 7.00. The summed E-state index contributed by atoms with van der Waals surface area (Å²) in [6.45, 7) is 1.16. The normalized spacial score (nSPS) is 19.2. The number of nitrogens with zero attached hydrogens (tertiary/aromatic N) is 1. The molecule has 0 bridgehead atoms. The van der Waals surface area contributed by atoms with Gasteiger partial charge in [0.1, 0.15) is 5.82 Å². The van der Waals surface area contributed by atoms with Gasteiger partial charge in [0, 0.05) is 30.7 Å². The average Bonchev–Trinajstić information content (AvgIpc) is 2.66. The van der Waals surface area contributed by atoms with Crippen molar-refractivity contribution in [2.75, 3.05) is 18.4 Å². The molecule has 3 amide bonds. The van der Waals surface area contributed by atoms with Gasteiger partial charge in [-0.05, 0) is 43.9 Å². The Morgan fingerprint density at radius 3 is 2.42 bits per heavy atom. The van der Waals surface area contributed by atoms with Gasteiger partial charge in [0.15, 0.2) is 0 Å². The molecule has 142 valence electrons. The van der Waals surface area contributed by atoms with Crippen molar-refractivity contribution in [3.63, 3.8) is 0 Å². The third kappa shape index (κ3) is 4.87. The molecule has 1 aromatic rings. The molecular weight excluding hydrogens is 357 g/mol. The van der Waals surface area contributed by atoms with Crippen LogP contribution in [-0.2, 0) is 4.79 Å². The van der Waals surface area contributed by atoms with E-state index in [1.165, 1.54) is 24.6 Å². The lowest BCUT2D eigenvalue weighted by Crippen LogP contribution is -2.49. The van der Waals surface area contributed by atoms with E-state index < -0.39 is 5.82 Å². The number of nitrogens with one attached hydrogen (secondary N) is 2. The van der Waals surface area contributed by atoms with Crippen LogP contribution in [0.4, 0.5) is 14.9 Å². The number of hydrogen-bond acceptors (Lipinski definition) is 2. The smallest absolute Gasteiger partial charge is 0.321 e. The van der Waals surface area contributed by atoms with Crippen LogP contribution in [0.3, 0.4) is 0 Å². The molecule has 5 nitrogen and oxygen atoms in total. The van der Waals surface area contributed by atoms with Crippen LogP contribution < -0.4 is 10.6 Å². The van der Waals surface area contributed by atoms with Crippen molar-refractivity contribution in [2.45, 2.75) is 51.0 Å². The van der Waals surface area contributed by atoms with Crippen molar-refractivity contribution < 1.29 is 14.0 Å². The lowest BCUT2D eigenvalue weighted by Gasteiger charge is -2.33. The number of benzene rings is 1. The molecule has 0 atom stereocenters. The SMILES string of the molecule is O=C(NC1CCN(C(=O)Nc2ccc(F)c(Cl)c2)CC1)C1CCCCC1. The monoisotopic (exact) mass is 381 g/mol. The Hall–Kier alpha value is -1.82. The number of amides is 3. The zero-order valence-electron chi connectivity index (χ0n) is 14.8. The molecule has 1 aliphatic carbocycles. The molecule has 2 aliphatic rings. The van der Waals surface area contributed by atoms with Crippen LogP contribution in [-0.4, -0.2) is 36.0 Å². The minimum atomic E-state index is -0.515. The summed E-state index contributed by atoms with van der Waals surface area (Å²) in [6, 6.07) is 4.01. The lowest BCUT2D eigenvalue weighted by atomic mass is 9.88. The first kappa shape index (κ1) is 19.0. The van der Waals surface area contributed by atoms with E-state index in [-0.39, 0.29) is 28.9 Å². The van der Waals surface area contributed by atoms with E-state index in [1.807, 2.05) is 0 Å². The van der Waals surface area contributed by atoms with Crippen molar-refractivity contribution in [3.8, 4) is 0 Å². The Kier molecular flexibility index (Phi) is 6.35. The average molecular weight is 382 g/mol. The second kappa shape index (κ2) is 8.71. The summed E-state index contributed by atoms with van der Waals surface area (Å²) < 4.78 is 13.2. The first-order valence-electron chi connectivity index (χ1n) is 9.34. The first-order valence-corrected chi connectivity index (χ1v) is 9.72. The van der Waals surface area contributed by atoms with Gasteiger partial charge in [-0.1, -0.05) is 30.9 Å². The van der Waals surface area contributed by atoms with E-state index in [0.29, 0.717) is 18.8 Å². The van der Waals surface area contributed by atoms with Gasteiger partial charge in [0.05, 0.1) is 5.02 Å². The topological polar surface area (TPSA) is 61.4 Å². The highest BCUT2D eigenvalue weighted by molar-refractivity contribution is 6.31. The number of halogens is 2. The fourth-order valence-corrected chi connectivity index (χ4v) is 3.87. The van der Waals surface area contributed by atoms with Crippen molar-refractivity contribution in [2.24, 2.45) is 5.92 Å². The number of piperidine rings is 1. The number of carbonyl (C=O) groups is 2. The molecule has 7 heteroatoms. The molecule has 1 saturated heterocycles. The summed E-state index contributed by atoms with van der Waals surface area (Å²) in [5, 5.41) is 5.87. The Balaban J connectivity index is 1.44. The zero-order chi connectivity index (χ0) is 18.5. The molecule has 2 N–H and O–H groups in total. The number of rotatable bonds is 3. The van der Waals surface area contributed by atoms with Gasteiger partial charge in [0.25, 0.3) is 0 Å². The fourth-order valence-electron chi connectivity index (χ4n) is 3.69. The maximum atomic E-state index is 13.2. The Morgan fingerprint density at radius 2 is 1.77 bits per heavy atom. The summed E-state index contributed by atoms with van der Waals surface area (Å²) in [5.41, 5.74) is 0.467. The largest absolute Gasteiger partial charge is 0.353 e. The summed E-state index contributed by atoms with van der Waals surface area (Å²) in [7, 11) is 0. The van der Waals surface area contributed by atoms with E-state index in [9.17, 15) is 14.0 Å². The van der Waals surface area contributed by atoms with Gasteiger partial charge < -0.3 is 15.5 Å². The molecule has 0 radical (unpaired) electrons. The highest BCUT2D eigenvalue weighted by atomic mass is 35.5. The molecule has 1 aliphatic heterocycles. The molecule has 3 rings (SSSR count). The lowest BCUT2D eigenvalue weighted by molar-refractivity contribution is -0.126. The van der Waals surface area contributed by atoms with Crippen molar-refractivity contribution >= 4 is 29.2 Å².